The third-order valence-electron chi connectivity index (χ3n) is 2.63. The SMILES string of the molecule is Cc1ccnc(C)c1NC1CCSC1. The van der Waals surface area contributed by atoms with Gasteiger partial charge in [0.1, 0.15) is 0 Å². The lowest BCUT2D eigenvalue weighted by Gasteiger charge is -2.16. The number of rotatable bonds is 2. The third kappa shape index (κ3) is 2.03. The minimum absolute atomic E-state index is 0.640. The first-order valence-electron chi connectivity index (χ1n) is 5.04. The number of aromatic nitrogens is 1. The largest absolute Gasteiger partial charge is 0.380 e. The molecule has 1 N–H and O–H groups in total. The molecule has 1 saturated heterocycles. The van der Waals surface area contributed by atoms with E-state index < -0.39 is 0 Å². The molecule has 76 valence electrons. The van der Waals surface area contributed by atoms with Crippen LogP contribution in [0, 0.1) is 13.8 Å². The summed E-state index contributed by atoms with van der Waals surface area (Å²) < 4.78 is 0. The van der Waals surface area contributed by atoms with Gasteiger partial charge in [-0.15, -0.1) is 0 Å². The molecule has 1 fully saturated rings. The van der Waals surface area contributed by atoms with Gasteiger partial charge in [-0.05, 0) is 37.7 Å². The van der Waals surface area contributed by atoms with Crippen molar-refractivity contribution in [2.45, 2.75) is 26.3 Å². The molecule has 0 radical (unpaired) electrons. The van der Waals surface area contributed by atoms with Crippen molar-refractivity contribution in [1.82, 2.24) is 4.98 Å². The van der Waals surface area contributed by atoms with Gasteiger partial charge in [-0.3, -0.25) is 4.98 Å². The Balaban J connectivity index is 2.14. The average Bonchev–Trinajstić information content (AvgIpc) is 2.64. The molecule has 0 aliphatic carbocycles. The Morgan fingerprint density at radius 3 is 3.00 bits per heavy atom. The van der Waals surface area contributed by atoms with Gasteiger partial charge in [0.05, 0.1) is 11.4 Å². The molecule has 1 aromatic heterocycles. The summed E-state index contributed by atoms with van der Waals surface area (Å²) in [5.41, 5.74) is 3.65. The fourth-order valence-electron chi connectivity index (χ4n) is 1.76. The highest BCUT2D eigenvalue weighted by molar-refractivity contribution is 7.99. The summed E-state index contributed by atoms with van der Waals surface area (Å²) >= 11 is 2.03. The minimum Gasteiger partial charge on any atom is -0.380 e. The molecule has 0 aromatic carbocycles. The van der Waals surface area contributed by atoms with Crippen molar-refractivity contribution in [3.05, 3.63) is 23.5 Å². The van der Waals surface area contributed by atoms with Crippen LogP contribution in [0.1, 0.15) is 17.7 Å². The second-order valence-corrected chi connectivity index (χ2v) is 4.94. The molecule has 0 saturated carbocycles. The van der Waals surface area contributed by atoms with Crippen molar-refractivity contribution >= 4 is 17.4 Å². The van der Waals surface area contributed by atoms with Crippen LogP contribution in [0.5, 0.6) is 0 Å². The zero-order valence-electron chi connectivity index (χ0n) is 8.71. The molecule has 0 spiro atoms. The van der Waals surface area contributed by atoms with Gasteiger partial charge >= 0.3 is 0 Å². The van der Waals surface area contributed by atoms with E-state index in [2.05, 4.69) is 30.2 Å². The van der Waals surface area contributed by atoms with E-state index in [9.17, 15) is 0 Å². The van der Waals surface area contributed by atoms with E-state index in [1.165, 1.54) is 29.2 Å². The van der Waals surface area contributed by atoms with Crippen LogP contribution < -0.4 is 5.32 Å². The van der Waals surface area contributed by atoms with Crippen LogP contribution in [0.4, 0.5) is 5.69 Å². The number of hydrogen-bond acceptors (Lipinski definition) is 3. The van der Waals surface area contributed by atoms with Crippen LogP contribution >= 0.6 is 11.8 Å². The van der Waals surface area contributed by atoms with Crippen LogP contribution in [0.3, 0.4) is 0 Å². The van der Waals surface area contributed by atoms with Gasteiger partial charge in [0.15, 0.2) is 0 Å². The Bertz CT molecular complexity index is 299. The first-order valence-corrected chi connectivity index (χ1v) is 6.19. The summed E-state index contributed by atoms with van der Waals surface area (Å²) in [6, 6.07) is 2.71. The number of thioether (sulfide) groups is 1. The molecule has 2 rings (SSSR count). The highest BCUT2D eigenvalue weighted by atomic mass is 32.2. The normalized spacial score (nSPS) is 21.1. The number of aryl methyl sites for hydroxylation is 2. The number of nitrogens with one attached hydrogen (secondary N) is 1. The molecule has 0 bridgehead atoms. The van der Waals surface area contributed by atoms with Gasteiger partial charge in [-0.25, -0.2) is 0 Å². The summed E-state index contributed by atoms with van der Waals surface area (Å²) in [5, 5.41) is 3.59. The summed E-state index contributed by atoms with van der Waals surface area (Å²) in [6.07, 6.45) is 3.15. The predicted octanol–water partition coefficient (Wildman–Crippen LogP) is 2.62. The van der Waals surface area contributed by atoms with Crippen LogP contribution in [0.25, 0.3) is 0 Å². The standard InChI is InChI=1S/C11H16N2S/c1-8-3-5-12-9(2)11(8)13-10-4-6-14-7-10/h3,5,10,13H,4,6-7H2,1-2H3. The quantitative estimate of drug-likeness (QED) is 0.808. The lowest BCUT2D eigenvalue weighted by atomic mass is 10.1. The number of nitrogens with zero attached hydrogens (tertiary/aromatic N) is 1. The molecule has 2 nitrogen and oxygen atoms in total. The Morgan fingerprint density at radius 2 is 2.36 bits per heavy atom. The molecular formula is C11H16N2S. The minimum atomic E-state index is 0.640. The summed E-state index contributed by atoms with van der Waals surface area (Å²) in [7, 11) is 0. The van der Waals surface area contributed by atoms with Crippen molar-refractivity contribution in [2.24, 2.45) is 0 Å². The van der Waals surface area contributed by atoms with Gasteiger partial charge in [-0.2, -0.15) is 11.8 Å². The predicted molar refractivity (Wildman–Crippen MR) is 63.1 cm³/mol. The first kappa shape index (κ1) is 9.84. The molecule has 2 heterocycles. The van der Waals surface area contributed by atoms with E-state index in [1.807, 2.05) is 18.0 Å². The number of hydrogen-bond donors (Lipinski definition) is 1. The van der Waals surface area contributed by atoms with Gasteiger partial charge in [0, 0.05) is 18.0 Å². The van der Waals surface area contributed by atoms with E-state index in [0.717, 1.165) is 5.69 Å². The lowest BCUT2D eigenvalue weighted by molar-refractivity contribution is 0.808. The topological polar surface area (TPSA) is 24.9 Å². The van der Waals surface area contributed by atoms with E-state index in [0.29, 0.717) is 6.04 Å². The smallest absolute Gasteiger partial charge is 0.0606 e. The highest BCUT2D eigenvalue weighted by Gasteiger charge is 2.16. The molecule has 1 aromatic rings. The second kappa shape index (κ2) is 4.22. The molecule has 1 aliphatic rings. The van der Waals surface area contributed by atoms with Crippen molar-refractivity contribution in [3.8, 4) is 0 Å². The van der Waals surface area contributed by atoms with Crippen molar-refractivity contribution in [3.63, 3.8) is 0 Å². The Hall–Kier alpha value is -0.700. The fraction of sp³-hybridized carbons (Fsp3) is 0.545. The molecular weight excluding hydrogens is 192 g/mol. The zero-order valence-corrected chi connectivity index (χ0v) is 9.53. The maximum Gasteiger partial charge on any atom is 0.0606 e. The summed E-state index contributed by atoms with van der Waals surface area (Å²) in [5.74, 6) is 2.52. The van der Waals surface area contributed by atoms with E-state index in [4.69, 9.17) is 0 Å². The van der Waals surface area contributed by atoms with Crippen molar-refractivity contribution < 1.29 is 0 Å². The summed E-state index contributed by atoms with van der Waals surface area (Å²) in [4.78, 5) is 4.31. The zero-order chi connectivity index (χ0) is 9.97. The monoisotopic (exact) mass is 208 g/mol. The summed E-state index contributed by atoms with van der Waals surface area (Å²) in [6.45, 7) is 4.20. The van der Waals surface area contributed by atoms with E-state index >= 15 is 0 Å². The van der Waals surface area contributed by atoms with Gasteiger partial charge in [0.2, 0.25) is 0 Å². The molecule has 1 atom stereocenters. The van der Waals surface area contributed by atoms with Crippen LogP contribution in [-0.4, -0.2) is 22.5 Å². The molecule has 1 aliphatic heterocycles. The molecule has 3 heteroatoms. The lowest BCUT2D eigenvalue weighted by Crippen LogP contribution is -2.19. The fourth-order valence-corrected chi connectivity index (χ4v) is 2.92. The van der Waals surface area contributed by atoms with E-state index in [1.54, 1.807) is 0 Å². The van der Waals surface area contributed by atoms with Crippen LogP contribution in [-0.2, 0) is 0 Å². The van der Waals surface area contributed by atoms with E-state index in [-0.39, 0.29) is 0 Å². The second-order valence-electron chi connectivity index (χ2n) is 3.79. The van der Waals surface area contributed by atoms with Gasteiger partial charge in [0.25, 0.3) is 0 Å². The van der Waals surface area contributed by atoms with Crippen molar-refractivity contribution in [1.29, 1.82) is 0 Å². The Morgan fingerprint density at radius 1 is 1.50 bits per heavy atom. The number of anilines is 1. The highest BCUT2D eigenvalue weighted by Crippen LogP contribution is 2.24. The van der Waals surface area contributed by atoms with Crippen LogP contribution in [0.15, 0.2) is 12.3 Å². The number of pyridine rings is 1. The Kier molecular flexibility index (Phi) is 2.96. The maximum atomic E-state index is 4.31. The Labute approximate surface area is 89.5 Å². The van der Waals surface area contributed by atoms with Crippen molar-refractivity contribution in [2.75, 3.05) is 16.8 Å². The van der Waals surface area contributed by atoms with Gasteiger partial charge in [-0.1, -0.05) is 0 Å². The van der Waals surface area contributed by atoms with Crippen LogP contribution in [0.2, 0.25) is 0 Å². The third-order valence-corrected chi connectivity index (χ3v) is 3.79. The molecule has 14 heavy (non-hydrogen) atoms. The molecule has 1 unspecified atom stereocenters. The average molecular weight is 208 g/mol. The first-order chi connectivity index (χ1) is 6.77. The molecule has 0 amide bonds. The van der Waals surface area contributed by atoms with Gasteiger partial charge < -0.3 is 5.32 Å². The maximum absolute atomic E-state index is 4.31.